The van der Waals surface area contributed by atoms with E-state index < -0.39 is 0 Å². The molecule has 2 amide bonds. The highest BCUT2D eigenvalue weighted by Gasteiger charge is 2.08. The Balaban J connectivity index is 2.58. The van der Waals surface area contributed by atoms with Crippen LogP contribution in [0.1, 0.15) is 17.3 Å². The molecule has 0 spiro atoms. The summed E-state index contributed by atoms with van der Waals surface area (Å²) in [5.41, 5.74) is 0.444. The summed E-state index contributed by atoms with van der Waals surface area (Å²) in [6, 6.07) is 5.00. The zero-order valence-electron chi connectivity index (χ0n) is 9.22. The van der Waals surface area contributed by atoms with E-state index in [1.54, 1.807) is 18.2 Å². The average molecular weight is 367 g/mol. The third-order valence-electron chi connectivity index (χ3n) is 1.97. The van der Waals surface area contributed by atoms with Crippen LogP contribution in [0.3, 0.4) is 0 Å². The fourth-order valence-electron chi connectivity index (χ4n) is 1.16. The number of hydrogen-bond donors (Lipinski definition) is 2. The van der Waals surface area contributed by atoms with Gasteiger partial charge in [0.25, 0.3) is 5.91 Å². The molecule has 0 unspecified atom stereocenters. The zero-order chi connectivity index (χ0) is 12.8. The molecular weight excluding hydrogens is 354 g/mol. The summed E-state index contributed by atoms with van der Waals surface area (Å²) in [4.78, 5) is 22.8. The topological polar surface area (TPSA) is 58.2 Å². The van der Waals surface area contributed by atoms with E-state index in [0.29, 0.717) is 17.1 Å². The smallest absolute Gasteiger partial charge is 0.251 e. The Morgan fingerprint density at radius 3 is 2.65 bits per heavy atom. The molecule has 1 aromatic rings. The summed E-state index contributed by atoms with van der Waals surface area (Å²) in [6.45, 7) is 2.33. The Morgan fingerprint density at radius 2 is 2.06 bits per heavy atom. The molecule has 0 saturated carbocycles. The zero-order valence-corrected chi connectivity index (χ0v) is 12.1. The van der Waals surface area contributed by atoms with Crippen LogP contribution in [-0.4, -0.2) is 24.9 Å². The van der Waals surface area contributed by atoms with Gasteiger partial charge in [0.1, 0.15) is 0 Å². The number of amides is 2. The number of carbonyl (C=O) groups is 2. The molecule has 2 N–H and O–H groups in total. The molecular formula is C11H12ClIN2O2. The monoisotopic (exact) mass is 366 g/mol. The van der Waals surface area contributed by atoms with Crippen molar-refractivity contribution in [1.29, 1.82) is 0 Å². The molecule has 0 heterocycles. The lowest BCUT2D eigenvalue weighted by Crippen LogP contribution is -2.36. The normalized spacial score (nSPS) is 9.82. The Bertz CT molecular complexity index is 437. The minimum atomic E-state index is -0.311. The first-order valence-corrected chi connectivity index (χ1v) is 6.50. The number of nitrogens with one attached hydrogen (secondary N) is 2. The summed E-state index contributed by atoms with van der Waals surface area (Å²) in [5.74, 6) is -0.521. The van der Waals surface area contributed by atoms with Gasteiger partial charge in [-0.25, -0.2) is 0 Å². The molecule has 0 aliphatic carbocycles. The molecule has 0 fully saturated rings. The second kappa shape index (κ2) is 6.80. The van der Waals surface area contributed by atoms with Crippen LogP contribution in [0, 0.1) is 3.57 Å². The Morgan fingerprint density at radius 1 is 1.35 bits per heavy atom. The van der Waals surface area contributed by atoms with Gasteiger partial charge < -0.3 is 10.6 Å². The van der Waals surface area contributed by atoms with E-state index in [1.807, 2.05) is 6.92 Å². The summed E-state index contributed by atoms with van der Waals surface area (Å²) < 4.78 is 0.879. The molecule has 0 saturated heterocycles. The van der Waals surface area contributed by atoms with E-state index in [9.17, 15) is 9.59 Å². The second-order valence-corrected chi connectivity index (χ2v) is 4.83. The van der Waals surface area contributed by atoms with E-state index >= 15 is 0 Å². The summed E-state index contributed by atoms with van der Waals surface area (Å²) in [6.07, 6.45) is 0. The van der Waals surface area contributed by atoms with E-state index in [1.165, 1.54) is 0 Å². The minimum Gasteiger partial charge on any atom is -0.355 e. The van der Waals surface area contributed by atoms with Crippen LogP contribution < -0.4 is 10.6 Å². The van der Waals surface area contributed by atoms with Gasteiger partial charge in [-0.1, -0.05) is 11.6 Å². The SMILES string of the molecule is CCNC(=O)CNC(=O)c1ccc(I)c(Cl)c1. The fraction of sp³-hybridized carbons (Fsp3) is 0.273. The standard InChI is InChI=1S/C11H12ClIN2O2/c1-2-14-10(16)6-15-11(17)7-3-4-9(13)8(12)5-7/h3-5H,2,6H2,1H3,(H,14,16)(H,15,17). The molecule has 1 rings (SSSR count). The lowest BCUT2D eigenvalue weighted by atomic mass is 10.2. The molecule has 0 aromatic heterocycles. The van der Waals surface area contributed by atoms with Crippen molar-refractivity contribution in [2.75, 3.05) is 13.1 Å². The quantitative estimate of drug-likeness (QED) is 0.799. The molecule has 0 aliphatic rings. The van der Waals surface area contributed by atoms with Crippen LogP contribution in [0.15, 0.2) is 18.2 Å². The van der Waals surface area contributed by atoms with Gasteiger partial charge in [-0.2, -0.15) is 0 Å². The van der Waals surface area contributed by atoms with Crippen LogP contribution in [0.5, 0.6) is 0 Å². The van der Waals surface area contributed by atoms with Gasteiger partial charge in [0, 0.05) is 15.7 Å². The molecule has 17 heavy (non-hydrogen) atoms. The molecule has 0 bridgehead atoms. The fourth-order valence-corrected chi connectivity index (χ4v) is 1.68. The lowest BCUT2D eigenvalue weighted by molar-refractivity contribution is -0.120. The number of carbonyl (C=O) groups excluding carboxylic acids is 2. The maximum absolute atomic E-state index is 11.7. The first-order valence-electron chi connectivity index (χ1n) is 5.04. The predicted molar refractivity (Wildman–Crippen MR) is 75.2 cm³/mol. The molecule has 6 heteroatoms. The van der Waals surface area contributed by atoms with Gasteiger partial charge in [0.15, 0.2) is 0 Å². The lowest BCUT2D eigenvalue weighted by Gasteiger charge is -2.06. The molecule has 1 aromatic carbocycles. The van der Waals surface area contributed by atoms with Crippen molar-refractivity contribution < 1.29 is 9.59 Å². The summed E-state index contributed by atoms with van der Waals surface area (Å²) >= 11 is 7.98. The van der Waals surface area contributed by atoms with Crippen molar-refractivity contribution >= 4 is 46.0 Å². The molecule has 92 valence electrons. The van der Waals surface area contributed by atoms with Crippen LogP contribution in [0.4, 0.5) is 0 Å². The van der Waals surface area contributed by atoms with Gasteiger partial charge in [0.05, 0.1) is 11.6 Å². The third kappa shape index (κ3) is 4.51. The number of benzene rings is 1. The number of halogens is 2. The Kier molecular flexibility index (Phi) is 5.70. The van der Waals surface area contributed by atoms with Crippen molar-refractivity contribution in [1.82, 2.24) is 10.6 Å². The van der Waals surface area contributed by atoms with Crippen molar-refractivity contribution in [2.24, 2.45) is 0 Å². The van der Waals surface area contributed by atoms with Crippen molar-refractivity contribution in [3.63, 3.8) is 0 Å². The minimum absolute atomic E-state index is 0.0315. The number of hydrogen-bond acceptors (Lipinski definition) is 2. The summed E-state index contributed by atoms with van der Waals surface area (Å²) in [7, 11) is 0. The number of rotatable bonds is 4. The average Bonchev–Trinajstić information content (AvgIpc) is 2.30. The van der Waals surface area contributed by atoms with Gasteiger partial charge in [-0.3, -0.25) is 9.59 Å². The van der Waals surface area contributed by atoms with Crippen molar-refractivity contribution in [3.05, 3.63) is 32.4 Å². The van der Waals surface area contributed by atoms with Gasteiger partial charge in [0.2, 0.25) is 5.91 Å². The molecule has 0 atom stereocenters. The van der Waals surface area contributed by atoms with Crippen LogP contribution in [0.25, 0.3) is 0 Å². The van der Waals surface area contributed by atoms with Crippen LogP contribution in [0.2, 0.25) is 5.02 Å². The maximum atomic E-state index is 11.7. The Labute approximate surface area is 118 Å². The number of likely N-dealkylation sites (N-methyl/N-ethyl adjacent to an activating group) is 1. The molecule has 0 radical (unpaired) electrons. The van der Waals surface area contributed by atoms with E-state index in [-0.39, 0.29) is 18.4 Å². The highest BCUT2D eigenvalue weighted by atomic mass is 127. The second-order valence-electron chi connectivity index (χ2n) is 3.27. The largest absolute Gasteiger partial charge is 0.355 e. The van der Waals surface area contributed by atoms with Gasteiger partial charge in [-0.05, 0) is 47.7 Å². The molecule has 4 nitrogen and oxygen atoms in total. The Hall–Kier alpha value is -0.820. The van der Waals surface area contributed by atoms with Crippen molar-refractivity contribution in [2.45, 2.75) is 6.92 Å². The third-order valence-corrected chi connectivity index (χ3v) is 3.54. The predicted octanol–water partition coefficient (Wildman–Crippen LogP) is 1.81. The van der Waals surface area contributed by atoms with E-state index in [0.717, 1.165) is 3.57 Å². The van der Waals surface area contributed by atoms with Gasteiger partial charge in [-0.15, -0.1) is 0 Å². The van der Waals surface area contributed by atoms with E-state index in [2.05, 4.69) is 33.2 Å². The van der Waals surface area contributed by atoms with Gasteiger partial charge >= 0.3 is 0 Å². The summed E-state index contributed by atoms with van der Waals surface area (Å²) in [5, 5.41) is 5.63. The maximum Gasteiger partial charge on any atom is 0.251 e. The van der Waals surface area contributed by atoms with Crippen LogP contribution in [-0.2, 0) is 4.79 Å². The van der Waals surface area contributed by atoms with Crippen molar-refractivity contribution in [3.8, 4) is 0 Å². The first kappa shape index (κ1) is 14.2. The molecule has 0 aliphatic heterocycles. The van der Waals surface area contributed by atoms with Crippen LogP contribution >= 0.6 is 34.2 Å². The highest BCUT2D eigenvalue weighted by Crippen LogP contribution is 2.19. The van der Waals surface area contributed by atoms with E-state index in [4.69, 9.17) is 11.6 Å². The first-order chi connectivity index (χ1) is 8.04. The highest BCUT2D eigenvalue weighted by molar-refractivity contribution is 14.1.